The molecule has 0 aliphatic carbocycles. The number of thiazole rings is 1. The maximum atomic E-state index is 10.5. The summed E-state index contributed by atoms with van der Waals surface area (Å²) in [4.78, 5) is 19.2. The third kappa shape index (κ3) is 2.38. The lowest BCUT2D eigenvalue weighted by Crippen LogP contribution is -1.91. The summed E-state index contributed by atoms with van der Waals surface area (Å²) in [6, 6.07) is 7.79. The Morgan fingerprint density at radius 1 is 1.53 bits per heavy atom. The van der Waals surface area contributed by atoms with Gasteiger partial charge in [-0.25, -0.2) is 9.78 Å². The van der Waals surface area contributed by atoms with Crippen molar-refractivity contribution < 1.29 is 9.63 Å². The van der Waals surface area contributed by atoms with Gasteiger partial charge in [-0.15, -0.1) is 11.3 Å². The molecule has 0 N–H and O–H groups in total. The Hall–Kier alpha value is -1.75. The van der Waals surface area contributed by atoms with Gasteiger partial charge in [0.05, 0.1) is 10.2 Å². The molecule has 4 nitrogen and oxygen atoms in total. The number of carbonyl (C=O) groups excluding carboxylic acids is 1. The number of hydrogen-bond acceptors (Lipinski definition) is 5. The van der Waals surface area contributed by atoms with Crippen LogP contribution in [0.4, 0.5) is 0 Å². The number of hydrogen-bond donors (Lipinski definition) is 0. The highest BCUT2D eigenvalue weighted by Crippen LogP contribution is 2.19. The first kappa shape index (κ1) is 9.79. The fraction of sp³-hybridized carbons (Fsp3) is 0.100. The summed E-state index contributed by atoms with van der Waals surface area (Å²) in [7, 11) is 0. The molecule has 0 radical (unpaired) electrons. The van der Waals surface area contributed by atoms with Crippen molar-refractivity contribution in [3.63, 3.8) is 0 Å². The molecule has 0 spiro atoms. The zero-order chi connectivity index (χ0) is 10.7. The maximum Gasteiger partial charge on any atom is 0.331 e. The molecule has 1 heterocycles. The SMILES string of the molecule is CC(=O)O/N=C/c1nc2ccccc2s1. The molecule has 0 bridgehead atoms. The van der Waals surface area contributed by atoms with Crippen molar-refractivity contribution in [2.45, 2.75) is 6.92 Å². The van der Waals surface area contributed by atoms with Gasteiger partial charge in [-0.1, -0.05) is 17.3 Å². The Labute approximate surface area is 90.2 Å². The average Bonchev–Trinajstić information content (AvgIpc) is 2.59. The third-order valence-corrected chi connectivity index (χ3v) is 2.63. The second kappa shape index (κ2) is 4.18. The highest BCUT2D eigenvalue weighted by Gasteiger charge is 2.00. The monoisotopic (exact) mass is 220 g/mol. The van der Waals surface area contributed by atoms with Crippen molar-refractivity contribution >= 4 is 33.7 Å². The number of rotatable bonds is 2. The van der Waals surface area contributed by atoms with E-state index in [4.69, 9.17) is 0 Å². The van der Waals surface area contributed by atoms with Gasteiger partial charge in [-0.2, -0.15) is 0 Å². The lowest BCUT2D eigenvalue weighted by Gasteiger charge is -1.85. The minimum absolute atomic E-state index is 0.438. The van der Waals surface area contributed by atoms with E-state index in [0.717, 1.165) is 15.2 Å². The van der Waals surface area contributed by atoms with Crippen LogP contribution >= 0.6 is 11.3 Å². The van der Waals surface area contributed by atoms with E-state index in [-0.39, 0.29) is 0 Å². The van der Waals surface area contributed by atoms with Crippen LogP contribution in [-0.2, 0) is 9.63 Å². The minimum Gasteiger partial charge on any atom is -0.319 e. The van der Waals surface area contributed by atoms with E-state index in [1.165, 1.54) is 24.5 Å². The summed E-state index contributed by atoms with van der Waals surface area (Å²) in [5.41, 5.74) is 0.923. The predicted molar refractivity (Wildman–Crippen MR) is 59.0 cm³/mol. The topological polar surface area (TPSA) is 51.5 Å². The van der Waals surface area contributed by atoms with Crippen LogP contribution < -0.4 is 0 Å². The van der Waals surface area contributed by atoms with Gasteiger partial charge >= 0.3 is 5.97 Å². The standard InChI is InChI=1S/C10H8N2O2S/c1-7(13)14-11-6-10-12-8-4-2-3-5-9(8)15-10/h2-6H,1H3/b11-6+. The number of carbonyl (C=O) groups is 1. The largest absolute Gasteiger partial charge is 0.331 e. The first-order valence-corrected chi connectivity index (χ1v) is 5.14. The van der Waals surface area contributed by atoms with Crippen LogP contribution in [0, 0.1) is 0 Å². The highest BCUT2D eigenvalue weighted by molar-refractivity contribution is 7.20. The highest BCUT2D eigenvalue weighted by atomic mass is 32.1. The van der Waals surface area contributed by atoms with Crippen molar-refractivity contribution in [2.75, 3.05) is 0 Å². The number of aromatic nitrogens is 1. The van der Waals surface area contributed by atoms with Crippen molar-refractivity contribution in [3.05, 3.63) is 29.3 Å². The second-order valence-electron chi connectivity index (χ2n) is 2.84. The fourth-order valence-corrected chi connectivity index (χ4v) is 1.92. The molecule has 0 unspecified atom stereocenters. The van der Waals surface area contributed by atoms with Crippen LogP contribution in [0.2, 0.25) is 0 Å². The first-order chi connectivity index (χ1) is 7.25. The van der Waals surface area contributed by atoms with Crippen LogP contribution in [-0.4, -0.2) is 17.2 Å². The van der Waals surface area contributed by atoms with E-state index < -0.39 is 5.97 Å². The zero-order valence-corrected chi connectivity index (χ0v) is 8.82. The molecule has 1 aromatic carbocycles. The molecule has 76 valence electrons. The van der Waals surface area contributed by atoms with Gasteiger partial charge in [-0.05, 0) is 12.1 Å². The Morgan fingerprint density at radius 2 is 2.33 bits per heavy atom. The molecule has 0 atom stereocenters. The molecule has 5 heteroatoms. The van der Waals surface area contributed by atoms with Gasteiger partial charge in [0.1, 0.15) is 11.2 Å². The van der Waals surface area contributed by atoms with E-state index in [1.54, 1.807) is 0 Å². The van der Waals surface area contributed by atoms with E-state index >= 15 is 0 Å². The number of fused-ring (bicyclic) bond motifs is 1. The Balaban J connectivity index is 2.22. The Bertz CT molecular complexity index is 486. The van der Waals surface area contributed by atoms with E-state index in [2.05, 4.69) is 15.0 Å². The predicted octanol–water partition coefficient (Wildman–Crippen LogP) is 2.19. The van der Waals surface area contributed by atoms with Crippen molar-refractivity contribution in [3.8, 4) is 0 Å². The Morgan fingerprint density at radius 3 is 3.07 bits per heavy atom. The second-order valence-corrected chi connectivity index (χ2v) is 3.90. The molecule has 0 fully saturated rings. The van der Waals surface area contributed by atoms with E-state index in [9.17, 15) is 4.79 Å². The summed E-state index contributed by atoms with van der Waals surface area (Å²) < 4.78 is 1.08. The molecule has 0 aliphatic rings. The zero-order valence-electron chi connectivity index (χ0n) is 8.01. The number of benzene rings is 1. The number of para-hydroxylation sites is 1. The normalized spacial score (nSPS) is 11.0. The molecule has 2 aromatic rings. The van der Waals surface area contributed by atoms with E-state index in [1.807, 2.05) is 24.3 Å². The summed E-state index contributed by atoms with van der Waals surface area (Å²) in [6.07, 6.45) is 1.44. The van der Waals surface area contributed by atoms with Gasteiger partial charge in [0, 0.05) is 6.92 Å². The quantitative estimate of drug-likeness (QED) is 0.443. The lowest BCUT2D eigenvalue weighted by molar-refractivity contribution is -0.140. The van der Waals surface area contributed by atoms with Gasteiger partial charge in [0.15, 0.2) is 0 Å². The lowest BCUT2D eigenvalue weighted by atomic mass is 10.3. The molecular formula is C10H8N2O2S. The van der Waals surface area contributed by atoms with Gasteiger partial charge in [0.2, 0.25) is 0 Å². The summed E-state index contributed by atoms with van der Waals surface area (Å²) in [5.74, 6) is -0.438. The average molecular weight is 220 g/mol. The van der Waals surface area contributed by atoms with Crippen molar-refractivity contribution in [2.24, 2.45) is 5.16 Å². The fourth-order valence-electron chi connectivity index (χ4n) is 1.09. The van der Waals surface area contributed by atoms with Crippen LogP contribution in [0.25, 0.3) is 10.2 Å². The number of oxime groups is 1. The summed E-state index contributed by atoms with van der Waals surface area (Å²) in [5, 5.41) is 4.23. The number of nitrogens with zero attached hydrogens (tertiary/aromatic N) is 2. The van der Waals surface area contributed by atoms with Gasteiger partial charge in [0.25, 0.3) is 0 Å². The van der Waals surface area contributed by atoms with E-state index in [0.29, 0.717) is 0 Å². The molecule has 1 aromatic heterocycles. The van der Waals surface area contributed by atoms with Crippen LogP contribution in [0.15, 0.2) is 29.4 Å². The third-order valence-electron chi connectivity index (χ3n) is 1.65. The molecule has 0 saturated carbocycles. The van der Waals surface area contributed by atoms with Crippen molar-refractivity contribution in [1.29, 1.82) is 0 Å². The summed E-state index contributed by atoms with van der Waals surface area (Å²) in [6.45, 7) is 1.30. The molecule has 0 amide bonds. The smallest absolute Gasteiger partial charge is 0.319 e. The molecular weight excluding hydrogens is 212 g/mol. The first-order valence-electron chi connectivity index (χ1n) is 4.32. The summed E-state index contributed by atoms with van der Waals surface area (Å²) >= 11 is 1.50. The van der Waals surface area contributed by atoms with Crippen molar-refractivity contribution in [1.82, 2.24) is 4.98 Å². The Kier molecular flexibility index (Phi) is 2.73. The van der Waals surface area contributed by atoms with Crippen LogP contribution in [0.1, 0.15) is 11.9 Å². The van der Waals surface area contributed by atoms with Crippen LogP contribution in [0.3, 0.4) is 0 Å². The molecule has 0 saturated heterocycles. The maximum absolute atomic E-state index is 10.5. The molecule has 2 rings (SSSR count). The molecule has 0 aliphatic heterocycles. The van der Waals surface area contributed by atoms with Gasteiger partial charge < -0.3 is 4.84 Å². The molecule has 15 heavy (non-hydrogen) atoms. The minimum atomic E-state index is -0.438. The van der Waals surface area contributed by atoms with Crippen LogP contribution in [0.5, 0.6) is 0 Å². The van der Waals surface area contributed by atoms with Gasteiger partial charge in [-0.3, -0.25) is 0 Å².